The van der Waals surface area contributed by atoms with Gasteiger partial charge in [0.15, 0.2) is 0 Å². The second-order valence-corrected chi connectivity index (χ2v) is 4.17. The summed E-state index contributed by atoms with van der Waals surface area (Å²) in [6, 6.07) is 5.95. The molecule has 0 spiro atoms. The number of benzene rings is 1. The minimum Gasteiger partial charge on any atom is -0.380 e. The molecule has 3 atom stereocenters. The summed E-state index contributed by atoms with van der Waals surface area (Å²) < 4.78 is 0. The van der Waals surface area contributed by atoms with Gasteiger partial charge in [-0.15, -0.1) is 0 Å². The molecule has 3 N–H and O–H groups in total. The molecule has 0 aromatic heterocycles. The van der Waals surface area contributed by atoms with E-state index in [1.165, 1.54) is 9.47 Å². The van der Waals surface area contributed by atoms with Crippen LogP contribution in [0.2, 0.25) is 0 Å². The molecule has 3 unspecified atom stereocenters. The second kappa shape index (κ2) is 19.0. The molecule has 1 aromatic rings. The first-order valence-electron chi connectivity index (χ1n) is 4.21. The van der Waals surface area contributed by atoms with Gasteiger partial charge in [0.25, 0.3) is 0 Å². The SMILES string of the molecule is OP.[CH2-]c1cc(CPO)cc(CPO)c1.[V].[V].[V]. The predicted octanol–water partition coefficient (Wildman–Crippen LogP) is 1.80. The van der Waals surface area contributed by atoms with Crippen LogP contribution in [-0.2, 0) is 68.0 Å². The van der Waals surface area contributed by atoms with Gasteiger partial charge in [0, 0.05) is 85.6 Å². The van der Waals surface area contributed by atoms with Gasteiger partial charge in [0.05, 0.1) is 0 Å². The second-order valence-electron chi connectivity index (χ2n) is 2.83. The molecule has 1 rings (SSSR count). The van der Waals surface area contributed by atoms with Crippen molar-refractivity contribution in [3.63, 3.8) is 0 Å². The van der Waals surface area contributed by atoms with Crippen LogP contribution in [0.4, 0.5) is 0 Å². The van der Waals surface area contributed by atoms with E-state index in [1.807, 2.05) is 18.2 Å². The Kier molecular flexibility index (Phi) is 29.8. The van der Waals surface area contributed by atoms with E-state index in [1.54, 1.807) is 0 Å². The Morgan fingerprint density at radius 1 is 0.889 bits per heavy atom. The third-order valence-corrected chi connectivity index (χ3v) is 2.81. The van der Waals surface area contributed by atoms with Gasteiger partial charge >= 0.3 is 0 Å². The summed E-state index contributed by atoms with van der Waals surface area (Å²) in [7, 11) is 1.30. The van der Waals surface area contributed by atoms with Crippen molar-refractivity contribution in [1.82, 2.24) is 0 Å². The van der Waals surface area contributed by atoms with E-state index in [2.05, 4.69) is 6.92 Å². The third-order valence-electron chi connectivity index (χ3n) is 1.68. The average Bonchev–Trinajstić information content (AvgIpc) is 2.21. The molecule has 9 heteroatoms. The Morgan fingerprint density at radius 3 is 1.50 bits per heavy atom. The summed E-state index contributed by atoms with van der Waals surface area (Å²) in [5.74, 6) is 0. The average molecular weight is 418 g/mol. The summed E-state index contributed by atoms with van der Waals surface area (Å²) in [5.41, 5.74) is 3.15. The van der Waals surface area contributed by atoms with Crippen LogP contribution in [0.5, 0.6) is 0 Å². The Bertz CT molecular complexity index is 269. The molecule has 18 heavy (non-hydrogen) atoms. The molecule has 3 radical (unpaired) electrons. The molecule has 0 aliphatic carbocycles. The molecule has 0 heterocycles. The predicted molar refractivity (Wildman–Crippen MR) is 71.3 cm³/mol. The molecule has 0 aliphatic rings. The maximum absolute atomic E-state index is 8.79. The van der Waals surface area contributed by atoms with Gasteiger partial charge in [0.1, 0.15) is 0 Å². The molecule has 0 saturated heterocycles. The van der Waals surface area contributed by atoms with Crippen molar-refractivity contribution in [2.45, 2.75) is 12.3 Å². The van der Waals surface area contributed by atoms with E-state index >= 15 is 0 Å². The fraction of sp³-hybridized carbons (Fsp3) is 0.222. The fourth-order valence-electron chi connectivity index (χ4n) is 1.23. The summed E-state index contributed by atoms with van der Waals surface area (Å²) >= 11 is 0. The monoisotopic (exact) mass is 418 g/mol. The van der Waals surface area contributed by atoms with E-state index < -0.39 is 0 Å². The Balaban J connectivity index is -0.000000186. The fourth-order valence-corrected chi connectivity index (χ4v) is 2.00. The van der Waals surface area contributed by atoms with E-state index in [9.17, 15) is 0 Å². The smallest absolute Gasteiger partial charge is 0.0141 e. The standard InChI is InChI=1S/C9H13O2P2.H3OP.3V/c1-7-2-8(5-12-10)4-9(3-7)6-13-11;1-2;;;/h2-4,10-13H,1,5-6H2;1H,2H2;;;/q-1;;;;. The zero-order chi connectivity index (χ0) is 11.7. The van der Waals surface area contributed by atoms with Crippen molar-refractivity contribution in [3.05, 3.63) is 41.8 Å². The maximum atomic E-state index is 8.79. The molecular formula is C9H16O3P3V3-. The van der Waals surface area contributed by atoms with Crippen molar-refractivity contribution < 1.29 is 70.3 Å². The van der Waals surface area contributed by atoms with Crippen molar-refractivity contribution >= 4 is 27.1 Å². The van der Waals surface area contributed by atoms with Gasteiger partial charge in [-0.05, 0) is 9.47 Å². The quantitative estimate of drug-likeness (QED) is 0.517. The van der Waals surface area contributed by atoms with Crippen molar-refractivity contribution in [2.24, 2.45) is 0 Å². The summed E-state index contributed by atoms with van der Waals surface area (Å²) in [4.78, 5) is 24.5. The first kappa shape index (κ1) is 28.2. The van der Waals surface area contributed by atoms with E-state index in [0.29, 0.717) is 12.3 Å². The van der Waals surface area contributed by atoms with Gasteiger partial charge in [-0.25, -0.2) is 0 Å². The molecule has 101 valence electrons. The van der Waals surface area contributed by atoms with Gasteiger partial charge < -0.3 is 14.7 Å². The molecule has 0 aliphatic heterocycles. The first-order valence-corrected chi connectivity index (χ1v) is 7.03. The van der Waals surface area contributed by atoms with Crippen LogP contribution < -0.4 is 0 Å². The molecule has 0 amide bonds. The van der Waals surface area contributed by atoms with Crippen LogP contribution in [0.3, 0.4) is 0 Å². The maximum Gasteiger partial charge on any atom is 0.0141 e. The minimum absolute atomic E-state index is 0. The van der Waals surface area contributed by atoms with E-state index in [0.717, 1.165) is 16.7 Å². The Morgan fingerprint density at radius 2 is 1.22 bits per heavy atom. The van der Waals surface area contributed by atoms with Crippen LogP contribution in [-0.4, -0.2) is 14.7 Å². The summed E-state index contributed by atoms with van der Waals surface area (Å²) in [6.07, 6.45) is 1.37. The van der Waals surface area contributed by atoms with Crippen LogP contribution in [0.25, 0.3) is 0 Å². The molecule has 0 saturated carbocycles. The van der Waals surface area contributed by atoms with Crippen LogP contribution >= 0.6 is 27.1 Å². The van der Waals surface area contributed by atoms with Crippen LogP contribution in [0.15, 0.2) is 18.2 Å². The number of hydrogen-bond donors (Lipinski definition) is 3. The van der Waals surface area contributed by atoms with Gasteiger partial charge in [-0.2, -0.15) is 24.6 Å². The number of hydrogen-bond acceptors (Lipinski definition) is 3. The van der Waals surface area contributed by atoms with Crippen LogP contribution in [0.1, 0.15) is 16.7 Å². The Labute approximate surface area is 150 Å². The summed E-state index contributed by atoms with van der Waals surface area (Å²) in [6.45, 7) is 3.85. The van der Waals surface area contributed by atoms with Crippen molar-refractivity contribution in [2.75, 3.05) is 0 Å². The van der Waals surface area contributed by atoms with Gasteiger partial charge in [0.2, 0.25) is 0 Å². The van der Waals surface area contributed by atoms with Gasteiger partial charge in [-0.1, -0.05) is 17.2 Å². The zero-order valence-corrected chi connectivity index (χ0v) is 17.0. The van der Waals surface area contributed by atoms with E-state index in [4.69, 9.17) is 14.7 Å². The van der Waals surface area contributed by atoms with Gasteiger partial charge in [-0.3, -0.25) is 0 Å². The molecular weight excluding hydrogens is 402 g/mol. The molecule has 0 bridgehead atoms. The molecule has 1 aromatic carbocycles. The Hall–Kier alpha value is 2.01. The summed E-state index contributed by atoms with van der Waals surface area (Å²) in [5, 5.41) is 0. The van der Waals surface area contributed by atoms with E-state index in [-0.39, 0.29) is 73.3 Å². The van der Waals surface area contributed by atoms with Crippen molar-refractivity contribution in [1.29, 1.82) is 0 Å². The third kappa shape index (κ3) is 13.0. The van der Waals surface area contributed by atoms with Crippen LogP contribution in [0, 0.1) is 6.92 Å². The number of rotatable bonds is 4. The molecule has 3 nitrogen and oxygen atoms in total. The normalized spacial score (nSPS) is 9.11. The zero-order valence-electron chi connectivity index (χ0n) is 9.61. The molecule has 0 fully saturated rings. The topological polar surface area (TPSA) is 60.7 Å². The first-order chi connectivity index (χ1) is 7.26. The van der Waals surface area contributed by atoms with Crippen molar-refractivity contribution in [3.8, 4) is 0 Å². The minimum atomic E-state index is -0.0580. The largest absolute Gasteiger partial charge is 0.380 e.